The van der Waals surface area contributed by atoms with Crippen molar-refractivity contribution in [1.82, 2.24) is 4.31 Å². The normalized spacial score (nSPS) is 19.9. The molecular weight excluding hydrogens is 294 g/mol. The van der Waals surface area contributed by atoms with Crippen molar-refractivity contribution in [2.24, 2.45) is 0 Å². The molecule has 0 spiro atoms. The molecule has 21 heavy (non-hydrogen) atoms. The zero-order valence-electron chi connectivity index (χ0n) is 11.5. The minimum Gasteiger partial charge on any atom is -0.258 e. The maximum atomic E-state index is 12.6. The van der Waals surface area contributed by atoms with Crippen LogP contribution in [0.4, 0.5) is 5.69 Å². The molecule has 1 unspecified atom stereocenters. The Kier molecular flexibility index (Phi) is 4.25. The lowest BCUT2D eigenvalue weighted by Crippen LogP contribution is -2.42. The molecule has 1 aliphatic rings. The van der Waals surface area contributed by atoms with Crippen molar-refractivity contribution in [2.75, 3.05) is 6.54 Å². The maximum Gasteiger partial charge on any atom is 0.273 e. The second-order valence-electron chi connectivity index (χ2n) is 4.96. The lowest BCUT2D eigenvalue weighted by molar-refractivity contribution is -0.385. The molecular formula is C13H15N3O4S. The lowest BCUT2D eigenvalue weighted by Gasteiger charge is -2.30. The van der Waals surface area contributed by atoms with Crippen LogP contribution in [0, 0.1) is 28.4 Å². The molecule has 0 amide bonds. The van der Waals surface area contributed by atoms with E-state index in [1.165, 1.54) is 12.1 Å². The first kappa shape index (κ1) is 15.4. The number of hydrogen-bond donors (Lipinski definition) is 0. The largest absolute Gasteiger partial charge is 0.273 e. The molecule has 1 aromatic rings. The molecule has 8 heteroatoms. The first-order valence-electron chi connectivity index (χ1n) is 6.54. The van der Waals surface area contributed by atoms with Gasteiger partial charge in [0.05, 0.1) is 15.9 Å². The summed E-state index contributed by atoms with van der Waals surface area (Å²) in [5.74, 6) is 0. The molecule has 112 valence electrons. The number of nitriles is 1. The summed E-state index contributed by atoms with van der Waals surface area (Å²) in [5, 5.41) is 20.0. The second kappa shape index (κ2) is 5.79. The summed E-state index contributed by atoms with van der Waals surface area (Å²) in [5.41, 5.74) is 0.163. The Balaban J connectivity index is 2.47. The van der Waals surface area contributed by atoms with Gasteiger partial charge in [0.1, 0.15) is 6.04 Å². The maximum absolute atomic E-state index is 12.6. The Labute approximate surface area is 123 Å². The van der Waals surface area contributed by atoms with Gasteiger partial charge in [0.15, 0.2) is 0 Å². The molecule has 0 saturated carbocycles. The first-order chi connectivity index (χ1) is 9.87. The minimum atomic E-state index is -3.89. The number of sulfonamides is 1. The summed E-state index contributed by atoms with van der Waals surface area (Å²) < 4.78 is 26.3. The molecule has 0 radical (unpaired) electrons. The van der Waals surface area contributed by atoms with Gasteiger partial charge in [0.25, 0.3) is 5.69 Å². The number of hydrogen-bond acceptors (Lipinski definition) is 5. The molecule has 1 saturated heterocycles. The molecule has 0 N–H and O–H groups in total. The van der Waals surface area contributed by atoms with Crippen LogP contribution in [-0.4, -0.2) is 30.2 Å². The van der Waals surface area contributed by atoms with Crippen LogP contribution in [0.3, 0.4) is 0 Å². The van der Waals surface area contributed by atoms with E-state index in [2.05, 4.69) is 0 Å². The van der Waals surface area contributed by atoms with E-state index >= 15 is 0 Å². The molecule has 2 rings (SSSR count). The number of nitro groups is 1. The van der Waals surface area contributed by atoms with Crippen molar-refractivity contribution >= 4 is 15.7 Å². The fourth-order valence-corrected chi connectivity index (χ4v) is 4.03. The highest BCUT2D eigenvalue weighted by atomic mass is 32.2. The summed E-state index contributed by atoms with van der Waals surface area (Å²) in [6.07, 6.45) is 1.98. The average molecular weight is 309 g/mol. The van der Waals surface area contributed by atoms with Crippen LogP contribution in [0.5, 0.6) is 0 Å². The zero-order chi connectivity index (χ0) is 15.6. The average Bonchev–Trinajstić information content (AvgIpc) is 2.47. The van der Waals surface area contributed by atoms with Gasteiger partial charge in [0.2, 0.25) is 10.0 Å². The Morgan fingerprint density at radius 1 is 1.43 bits per heavy atom. The number of nitro benzene ring substituents is 1. The predicted octanol–water partition coefficient (Wildman–Crippen LogP) is 1.97. The van der Waals surface area contributed by atoms with E-state index in [0.29, 0.717) is 18.4 Å². The Hall–Kier alpha value is -1.98. The van der Waals surface area contributed by atoms with Crippen LogP contribution in [0.15, 0.2) is 23.1 Å². The molecule has 7 nitrogen and oxygen atoms in total. The highest BCUT2D eigenvalue weighted by Gasteiger charge is 2.34. The Morgan fingerprint density at radius 2 is 2.14 bits per heavy atom. The SMILES string of the molecule is Cc1ccc(S(=O)(=O)N2CCCCC2C#N)cc1[N+](=O)[O-]. The van der Waals surface area contributed by atoms with Crippen LogP contribution in [-0.2, 0) is 10.0 Å². The fourth-order valence-electron chi connectivity index (χ4n) is 2.40. The highest BCUT2D eigenvalue weighted by molar-refractivity contribution is 7.89. The summed E-state index contributed by atoms with van der Waals surface area (Å²) >= 11 is 0. The van der Waals surface area contributed by atoms with Crippen molar-refractivity contribution < 1.29 is 13.3 Å². The van der Waals surface area contributed by atoms with Gasteiger partial charge in [-0.1, -0.05) is 6.07 Å². The summed E-state index contributed by atoms with van der Waals surface area (Å²) in [6.45, 7) is 1.82. The molecule has 1 aliphatic heterocycles. The van der Waals surface area contributed by atoms with Crippen molar-refractivity contribution in [3.05, 3.63) is 33.9 Å². The number of benzene rings is 1. The predicted molar refractivity (Wildman–Crippen MR) is 75.0 cm³/mol. The molecule has 1 atom stereocenters. The van der Waals surface area contributed by atoms with Crippen molar-refractivity contribution in [2.45, 2.75) is 37.1 Å². The Morgan fingerprint density at radius 3 is 2.76 bits per heavy atom. The quantitative estimate of drug-likeness (QED) is 0.627. The van der Waals surface area contributed by atoms with Crippen molar-refractivity contribution in [3.63, 3.8) is 0 Å². The van der Waals surface area contributed by atoms with E-state index in [4.69, 9.17) is 5.26 Å². The van der Waals surface area contributed by atoms with Gasteiger partial charge in [-0.3, -0.25) is 10.1 Å². The van der Waals surface area contributed by atoms with E-state index in [-0.39, 0.29) is 17.1 Å². The second-order valence-corrected chi connectivity index (χ2v) is 6.85. The highest BCUT2D eigenvalue weighted by Crippen LogP contribution is 2.28. The van der Waals surface area contributed by atoms with Gasteiger partial charge in [-0.15, -0.1) is 0 Å². The lowest BCUT2D eigenvalue weighted by atomic mass is 10.1. The molecule has 1 aromatic carbocycles. The molecule has 1 heterocycles. The van der Waals surface area contributed by atoms with Gasteiger partial charge in [-0.05, 0) is 32.3 Å². The van der Waals surface area contributed by atoms with Gasteiger partial charge < -0.3 is 0 Å². The summed E-state index contributed by atoms with van der Waals surface area (Å²) in [6, 6.07) is 5.11. The smallest absolute Gasteiger partial charge is 0.258 e. The topological polar surface area (TPSA) is 104 Å². The van der Waals surface area contributed by atoms with E-state index < -0.39 is 21.0 Å². The minimum absolute atomic E-state index is 0.137. The van der Waals surface area contributed by atoms with E-state index in [0.717, 1.165) is 16.8 Å². The number of piperidine rings is 1. The van der Waals surface area contributed by atoms with Crippen LogP contribution < -0.4 is 0 Å². The van der Waals surface area contributed by atoms with Gasteiger partial charge >= 0.3 is 0 Å². The van der Waals surface area contributed by atoms with Crippen molar-refractivity contribution in [3.8, 4) is 6.07 Å². The van der Waals surface area contributed by atoms with Crippen molar-refractivity contribution in [1.29, 1.82) is 5.26 Å². The van der Waals surface area contributed by atoms with Gasteiger partial charge in [-0.2, -0.15) is 9.57 Å². The monoisotopic (exact) mass is 309 g/mol. The number of aryl methyl sites for hydroxylation is 1. The van der Waals surface area contributed by atoms with Crippen LogP contribution >= 0.6 is 0 Å². The van der Waals surface area contributed by atoms with Gasteiger partial charge in [-0.25, -0.2) is 8.42 Å². The third-order valence-electron chi connectivity index (χ3n) is 3.59. The summed E-state index contributed by atoms with van der Waals surface area (Å²) in [7, 11) is -3.89. The summed E-state index contributed by atoms with van der Waals surface area (Å²) in [4.78, 5) is 10.2. The molecule has 0 bridgehead atoms. The van der Waals surface area contributed by atoms with E-state index in [9.17, 15) is 18.5 Å². The molecule has 0 aliphatic carbocycles. The van der Waals surface area contributed by atoms with E-state index in [1.54, 1.807) is 6.92 Å². The molecule has 1 fully saturated rings. The number of rotatable bonds is 3. The van der Waals surface area contributed by atoms with E-state index in [1.807, 2.05) is 6.07 Å². The standard InChI is InChI=1S/C13H15N3O4S/c1-10-5-6-12(8-13(10)16(17)18)21(19,20)15-7-3-2-4-11(15)9-14/h5-6,8,11H,2-4,7H2,1H3. The van der Waals surface area contributed by atoms with Gasteiger partial charge in [0, 0.05) is 18.2 Å². The fraction of sp³-hybridized carbons (Fsp3) is 0.462. The van der Waals surface area contributed by atoms with Crippen LogP contribution in [0.1, 0.15) is 24.8 Å². The first-order valence-corrected chi connectivity index (χ1v) is 7.98. The molecule has 0 aromatic heterocycles. The van der Waals surface area contributed by atoms with Crippen LogP contribution in [0.25, 0.3) is 0 Å². The third-order valence-corrected chi connectivity index (χ3v) is 5.49. The third kappa shape index (κ3) is 2.89. The number of nitrogens with zero attached hydrogens (tertiary/aromatic N) is 3. The van der Waals surface area contributed by atoms with Crippen LogP contribution in [0.2, 0.25) is 0 Å². The Bertz CT molecular complexity index is 709. The zero-order valence-corrected chi connectivity index (χ0v) is 12.3.